The molecule has 0 spiro atoms. The maximum Gasteiger partial charge on any atom is 0.127 e. The molecule has 0 unspecified atom stereocenters. The van der Waals surface area contributed by atoms with Gasteiger partial charge in [0.1, 0.15) is 18.1 Å². The number of hydrogen-bond acceptors (Lipinski definition) is 4. The standard InChI is InChI=1S/C27H36O4/c1-5-9-22-11-13-26(30-8-4)24(20-22)25-21-23(10-6-2)12-14-27(25)31-19-18-29-17-16-28-15-7-3/h5-6,11-14,20-21H,1-2,7-10,15-19H2,3-4H3. The summed E-state index contributed by atoms with van der Waals surface area (Å²) in [4.78, 5) is 0. The van der Waals surface area contributed by atoms with Crippen LogP contribution in [0.2, 0.25) is 0 Å². The van der Waals surface area contributed by atoms with E-state index in [1.54, 1.807) is 0 Å². The SMILES string of the molecule is C=CCc1ccc(OCC)c(-c2cc(CC=C)ccc2OCCOCCOCCC)c1. The van der Waals surface area contributed by atoms with Crippen molar-refractivity contribution in [2.75, 3.05) is 39.6 Å². The molecule has 0 radical (unpaired) electrons. The predicted octanol–water partition coefficient (Wildman–Crippen LogP) is 6.03. The van der Waals surface area contributed by atoms with Crippen LogP contribution in [-0.2, 0) is 22.3 Å². The van der Waals surface area contributed by atoms with Gasteiger partial charge in [-0.2, -0.15) is 0 Å². The number of hydrogen-bond donors (Lipinski definition) is 0. The molecule has 0 N–H and O–H groups in total. The second-order valence-corrected chi connectivity index (χ2v) is 7.15. The van der Waals surface area contributed by atoms with Gasteiger partial charge in [0.2, 0.25) is 0 Å². The Labute approximate surface area is 187 Å². The average Bonchev–Trinajstić information content (AvgIpc) is 2.78. The average molecular weight is 425 g/mol. The van der Waals surface area contributed by atoms with Crippen molar-refractivity contribution < 1.29 is 18.9 Å². The molecular weight excluding hydrogens is 388 g/mol. The van der Waals surface area contributed by atoms with Gasteiger partial charge < -0.3 is 18.9 Å². The highest BCUT2D eigenvalue weighted by atomic mass is 16.5. The molecule has 0 heterocycles. The maximum atomic E-state index is 6.12. The monoisotopic (exact) mass is 424 g/mol. The molecule has 4 nitrogen and oxygen atoms in total. The zero-order valence-electron chi connectivity index (χ0n) is 19.0. The lowest BCUT2D eigenvalue weighted by atomic mass is 9.97. The molecule has 2 aromatic carbocycles. The second kappa shape index (κ2) is 14.4. The summed E-state index contributed by atoms with van der Waals surface area (Å²) < 4.78 is 23.1. The highest BCUT2D eigenvalue weighted by Crippen LogP contribution is 2.38. The van der Waals surface area contributed by atoms with Gasteiger partial charge in [-0.15, -0.1) is 13.2 Å². The summed E-state index contributed by atoms with van der Waals surface area (Å²) in [6, 6.07) is 12.5. The largest absolute Gasteiger partial charge is 0.493 e. The predicted molar refractivity (Wildman–Crippen MR) is 128 cm³/mol. The lowest BCUT2D eigenvalue weighted by Crippen LogP contribution is -2.11. The first-order valence-corrected chi connectivity index (χ1v) is 11.1. The van der Waals surface area contributed by atoms with Crippen molar-refractivity contribution in [2.24, 2.45) is 0 Å². The van der Waals surface area contributed by atoms with E-state index < -0.39 is 0 Å². The van der Waals surface area contributed by atoms with Crippen molar-refractivity contribution in [3.05, 3.63) is 72.8 Å². The third kappa shape index (κ3) is 8.23. The fourth-order valence-corrected chi connectivity index (χ4v) is 3.25. The number of ether oxygens (including phenoxy) is 4. The highest BCUT2D eigenvalue weighted by Gasteiger charge is 2.14. The van der Waals surface area contributed by atoms with Gasteiger partial charge in [-0.3, -0.25) is 0 Å². The summed E-state index contributed by atoms with van der Waals surface area (Å²) in [6.45, 7) is 15.4. The molecule has 0 aliphatic heterocycles. The molecule has 0 saturated heterocycles. The summed E-state index contributed by atoms with van der Waals surface area (Å²) in [5.41, 5.74) is 4.40. The van der Waals surface area contributed by atoms with Gasteiger partial charge in [-0.1, -0.05) is 31.2 Å². The highest BCUT2D eigenvalue weighted by molar-refractivity contribution is 5.77. The fraction of sp³-hybridized carbons (Fsp3) is 0.407. The Morgan fingerprint density at radius 2 is 1.19 bits per heavy atom. The Morgan fingerprint density at radius 1 is 0.677 bits per heavy atom. The van der Waals surface area contributed by atoms with E-state index in [0.29, 0.717) is 33.0 Å². The van der Waals surface area contributed by atoms with Gasteiger partial charge in [-0.25, -0.2) is 0 Å². The second-order valence-electron chi connectivity index (χ2n) is 7.15. The minimum Gasteiger partial charge on any atom is -0.493 e. The smallest absolute Gasteiger partial charge is 0.127 e. The summed E-state index contributed by atoms with van der Waals surface area (Å²) in [6.07, 6.45) is 6.43. The Balaban J connectivity index is 2.20. The first-order chi connectivity index (χ1) is 15.2. The van der Waals surface area contributed by atoms with Crippen molar-refractivity contribution in [3.63, 3.8) is 0 Å². The molecule has 0 saturated carbocycles. The van der Waals surface area contributed by atoms with Gasteiger partial charge in [0.25, 0.3) is 0 Å². The maximum absolute atomic E-state index is 6.12. The molecule has 0 atom stereocenters. The first-order valence-electron chi connectivity index (χ1n) is 11.1. The Bertz CT molecular complexity index is 813. The van der Waals surface area contributed by atoms with Crippen LogP contribution in [0, 0.1) is 0 Å². The molecular formula is C27H36O4. The molecule has 168 valence electrons. The lowest BCUT2D eigenvalue weighted by molar-refractivity contribution is 0.0366. The molecule has 2 rings (SSSR count). The molecule has 4 heteroatoms. The van der Waals surface area contributed by atoms with Crippen molar-refractivity contribution >= 4 is 0 Å². The van der Waals surface area contributed by atoms with E-state index in [9.17, 15) is 0 Å². The van der Waals surface area contributed by atoms with E-state index in [0.717, 1.165) is 48.5 Å². The van der Waals surface area contributed by atoms with Crippen LogP contribution < -0.4 is 9.47 Å². The van der Waals surface area contributed by atoms with Crippen LogP contribution in [0.1, 0.15) is 31.4 Å². The van der Waals surface area contributed by atoms with Gasteiger partial charge in [0.05, 0.1) is 26.4 Å². The van der Waals surface area contributed by atoms with E-state index in [-0.39, 0.29) is 0 Å². The normalized spacial score (nSPS) is 10.6. The minimum atomic E-state index is 0.470. The lowest BCUT2D eigenvalue weighted by Gasteiger charge is -2.17. The van der Waals surface area contributed by atoms with Crippen LogP contribution in [0.4, 0.5) is 0 Å². The quantitative estimate of drug-likeness (QED) is 0.243. The third-order valence-electron chi connectivity index (χ3n) is 4.64. The third-order valence-corrected chi connectivity index (χ3v) is 4.64. The van der Waals surface area contributed by atoms with Gasteiger partial charge >= 0.3 is 0 Å². The fourth-order valence-electron chi connectivity index (χ4n) is 3.25. The van der Waals surface area contributed by atoms with E-state index in [1.165, 1.54) is 11.1 Å². The Morgan fingerprint density at radius 3 is 1.71 bits per heavy atom. The Kier molecular flexibility index (Phi) is 11.5. The summed E-state index contributed by atoms with van der Waals surface area (Å²) in [5.74, 6) is 1.66. The molecule has 0 fully saturated rings. The van der Waals surface area contributed by atoms with Crippen LogP contribution in [0.25, 0.3) is 11.1 Å². The van der Waals surface area contributed by atoms with Crippen LogP contribution in [0.15, 0.2) is 61.7 Å². The molecule has 0 amide bonds. The van der Waals surface area contributed by atoms with Crippen LogP contribution in [0.5, 0.6) is 11.5 Å². The summed E-state index contributed by atoms with van der Waals surface area (Å²) in [5, 5.41) is 0. The molecule has 31 heavy (non-hydrogen) atoms. The van der Waals surface area contributed by atoms with Crippen molar-refractivity contribution in [3.8, 4) is 22.6 Å². The van der Waals surface area contributed by atoms with Crippen LogP contribution >= 0.6 is 0 Å². The van der Waals surface area contributed by atoms with E-state index in [2.05, 4.69) is 44.3 Å². The molecule has 0 aliphatic carbocycles. The molecule has 2 aromatic rings. The zero-order valence-corrected chi connectivity index (χ0v) is 19.0. The molecule has 0 bridgehead atoms. The van der Waals surface area contributed by atoms with Crippen molar-refractivity contribution in [2.45, 2.75) is 33.1 Å². The topological polar surface area (TPSA) is 36.9 Å². The molecule has 0 aliphatic rings. The molecule has 0 aromatic heterocycles. The first kappa shape index (κ1) is 24.7. The van der Waals surface area contributed by atoms with Gasteiger partial charge in [0, 0.05) is 17.7 Å². The summed E-state index contributed by atoms with van der Waals surface area (Å²) >= 11 is 0. The van der Waals surface area contributed by atoms with Crippen LogP contribution in [0.3, 0.4) is 0 Å². The number of benzene rings is 2. The van der Waals surface area contributed by atoms with Crippen molar-refractivity contribution in [1.82, 2.24) is 0 Å². The van der Waals surface area contributed by atoms with E-state index >= 15 is 0 Å². The van der Waals surface area contributed by atoms with Gasteiger partial charge in [0.15, 0.2) is 0 Å². The van der Waals surface area contributed by atoms with Gasteiger partial charge in [-0.05, 0) is 61.6 Å². The minimum absolute atomic E-state index is 0.470. The van der Waals surface area contributed by atoms with E-state index in [1.807, 2.05) is 31.2 Å². The van der Waals surface area contributed by atoms with Crippen LogP contribution in [-0.4, -0.2) is 39.6 Å². The zero-order chi connectivity index (χ0) is 22.3. The van der Waals surface area contributed by atoms with Crippen molar-refractivity contribution in [1.29, 1.82) is 0 Å². The summed E-state index contributed by atoms with van der Waals surface area (Å²) in [7, 11) is 0. The number of rotatable bonds is 16. The number of allylic oxidation sites excluding steroid dienone is 2. The Hall–Kier alpha value is -2.56. The van der Waals surface area contributed by atoms with E-state index in [4.69, 9.17) is 18.9 Å².